The number of imide groups is 1. The molecule has 0 radical (unpaired) electrons. The molecule has 10 nitrogen and oxygen atoms in total. The van der Waals surface area contributed by atoms with E-state index in [1.165, 1.54) is 35.1 Å². The standard InChI is InChI=1S/C23H22ClN5O5S/c1-34-17-8-7-16(24)11-18(17)35(32,33)19-12-26-23(27-22(19)25)28-13-20(30)29(21(31)14-28)10-9-15-5-3-2-4-6-15/h2-8,11-12H,9-10,13-14H2,1H3,(H2,25,26,27). The number of nitrogens with zero attached hydrogens (tertiary/aromatic N) is 4. The second-order valence-electron chi connectivity index (χ2n) is 7.75. The maximum Gasteiger partial charge on any atom is 0.248 e. The van der Waals surface area contributed by atoms with Gasteiger partial charge in [-0.25, -0.2) is 13.4 Å². The summed E-state index contributed by atoms with van der Waals surface area (Å²) in [7, 11) is -2.83. The lowest BCUT2D eigenvalue weighted by Gasteiger charge is -2.32. The number of piperazine rings is 1. The Bertz CT molecular complexity index is 1370. The molecule has 3 aromatic rings. The number of sulfone groups is 1. The highest BCUT2D eigenvalue weighted by Gasteiger charge is 2.33. The lowest BCUT2D eigenvalue weighted by atomic mass is 10.1. The van der Waals surface area contributed by atoms with Gasteiger partial charge in [-0.3, -0.25) is 14.5 Å². The molecule has 0 bridgehead atoms. The summed E-state index contributed by atoms with van der Waals surface area (Å²) in [5, 5.41) is 0.197. The number of nitrogen functional groups attached to an aromatic ring is 1. The van der Waals surface area contributed by atoms with Crippen molar-refractivity contribution in [2.24, 2.45) is 0 Å². The zero-order chi connectivity index (χ0) is 25.2. The van der Waals surface area contributed by atoms with Crippen molar-refractivity contribution in [3.63, 3.8) is 0 Å². The van der Waals surface area contributed by atoms with Gasteiger partial charge in [0, 0.05) is 11.6 Å². The molecule has 0 spiro atoms. The number of nitrogens with two attached hydrogens (primary N) is 1. The summed E-state index contributed by atoms with van der Waals surface area (Å²) in [5.41, 5.74) is 6.99. The van der Waals surface area contributed by atoms with Crippen LogP contribution >= 0.6 is 11.6 Å². The number of anilines is 2. The van der Waals surface area contributed by atoms with Gasteiger partial charge >= 0.3 is 0 Å². The van der Waals surface area contributed by atoms with Crippen LogP contribution in [0.4, 0.5) is 11.8 Å². The zero-order valence-electron chi connectivity index (χ0n) is 18.7. The van der Waals surface area contributed by atoms with Crippen LogP contribution in [0.1, 0.15) is 5.56 Å². The van der Waals surface area contributed by atoms with Crippen LogP contribution in [0.25, 0.3) is 0 Å². The number of ether oxygens (including phenoxy) is 1. The van der Waals surface area contributed by atoms with E-state index in [1.54, 1.807) is 0 Å². The minimum Gasteiger partial charge on any atom is -0.495 e. The predicted octanol–water partition coefficient (Wildman–Crippen LogP) is 1.97. The summed E-state index contributed by atoms with van der Waals surface area (Å²) in [5.74, 6) is -1.08. The fraction of sp³-hybridized carbons (Fsp3) is 0.217. The number of aromatic nitrogens is 2. The van der Waals surface area contributed by atoms with E-state index in [1.807, 2.05) is 30.3 Å². The smallest absolute Gasteiger partial charge is 0.248 e. The first-order valence-corrected chi connectivity index (χ1v) is 12.4. The Morgan fingerprint density at radius 2 is 1.74 bits per heavy atom. The SMILES string of the molecule is COc1ccc(Cl)cc1S(=O)(=O)c1cnc(N2CC(=O)N(CCc3ccccc3)C(=O)C2)nc1N. The average Bonchev–Trinajstić information content (AvgIpc) is 2.83. The second-order valence-corrected chi connectivity index (χ2v) is 10.1. The van der Waals surface area contributed by atoms with Crippen LogP contribution in [0.2, 0.25) is 5.02 Å². The van der Waals surface area contributed by atoms with E-state index in [-0.39, 0.29) is 52.0 Å². The third-order valence-electron chi connectivity index (χ3n) is 5.48. The van der Waals surface area contributed by atoms with Crippen LogP contribution in [0.3, 0.4) is 0 Å². The van der Waals surface area contributed by atoms with E-state index in [2.05, 4.69) is 9.97 Å². The van der Waals surface area contributed by atoms with Crippen LogP contribution in [0.15, 0.2) is 64.5 Å². The van der Waals surface area contributed by atoms with E-state index >= 15 is 0 Å². The molecule has 0 unspecified atom stereocenters. The monoisotopic (exact) mass is 515 g/mol. The number of halogens is 1. The Morgan fingerprint density at radius 3 is 2.37 bits per heavy atom. The Balaban J connectivity index is 1.53. The van der Waals surface area contributed by atoms with Gasteiger partial charge < -0.3 is 15.4 Å². The van der Waals surface area contributed by atoms with Gasteiger partial charge in [0.2, 0.25) is 27.6 Å². The summed E-state index contributed by atoms with van der Waals surface area (Å²) >= 11 is 5.97. The number of carbonyl (C=O) groups excluding carboxylic acids is 2. The van der Waals surface area contributed by atoms with Crippen LogP contribution in [0, 0.1) is 0 Å². The van der Waals surface area contributed by atoms with Gasteiger partial charge in [0.1, 0.15) is 34.4 Å². The van der Waals surface area contributed by atoms with Crippen molar-refractivity contribution < 1.29 is 22.7 Å². The molecule has 1 aliphatic rings. The first kappa shape index (κ1) is 24.4. The summed E-state index contributed by atoms with van der Waals surface area (Å²) in [4.78, 5) is 35.5. The van der Waals surface area contributed by atoms with Gasteiger partial charge in [-0.05, 0) is 30.2 Å². The summed E-state index contributed by atoms with van der Waals surface area (Å²) < 4.78 is 31.5. The minimum atomic E-state index is -4.17. The highest BCUT2D eigenvalue weighted by atomic mass is 35.5. The predicted molar refractivity (Wildman–Crippen MR) is 129 cm³/mol. The number of hydrogen-bond acceptors (Lipinski definition) is 9. The molecule has 4 rings (SSSR count). The number of benzene rings is 2. The number of methoxy groups -OCH3 is 1. The van der Waals surface area contributed by atoms with Crippen molar-refractivity contribution >= 4 is 45.0 Å². The van der Waals surface area contributed by atoms with E-state index in [4.69, 9.17) is 22.1 Å². The molecule has 2 heterocycles. The lowest BCUT2D eigenvalue weighted by Crippen LogP contribution is -2.55. The highest BCUT2D eigenvalue weighted by Crippen LogP contribution is 2.33. The summed E-state index contributed by atoms with van der Waals surface area (Å²) in [6.45, 7) is -0.0282. The van der Waals surface area contributed by atoms with Crippen molar-refractivity contribution in [1.82, 2.24) is 14.9 Å². The molecule has 1 fully saturated rings. The van der Waals surface area contributed by atoms with E-state index in [0.717, 1.165) is 11.8 Å². The van der Waals surface area contributed by atoms with Crippen molar-refractivity contribution in [3.05, 3.63) is 65.3 Å². The molecule has 2 aromatic carbocycles. The normalized spacial score (nSPS) is 14.3. The van der Waals surface area contributed by atoms with Gasteiger partial charge in [0.05, 0.1) is 13.3 Å². The third kappa shape index (κ3) is 5.05. The third-order valence-corrected chi connectivity index (χ3v) is 7.51. The van der Waals surface area contributed by atoms with Gasteiger partial charge in [-0.2, -0.15) is 4.98 Å². The Labute approximate surface area is 207 Å². The molecular formula is C23H22ClN5O5S. The molecule has 0 atom stereocenters. The zero-order valence-corrected chi connectivity index (χ0v) is 20.3. The van der Waals surface area contributed by atoms with Crippen LogP contribution in [-0.2, 0) is 25.8 Å². The Hall–Kier alpha value is -3.70. The van der Waals surface area contributed by atoms with E-state index < -0.39 is 21.7 Å². The fourth-order valence-corrected chi connectivity index (χ4v) is 5.37. The molecule has 1 aromatic heterocycles. The maximum absolute atomic E-state index is 13.2. The number of rotatable bonds is 7. The largest absolute Gasteiger partial charge is 0.495 e. The quantitative estimate of drug-likeness (QED) is 0.468. The maximum atomic E-state index is 13.2. The van der Waals surface area contributed by atoms with Crippen molar-refractivity contribution in [1.29, 1.82) is 0 Å². The molecule has 35 heavy (non-hydrogen) atoms. The highest BCUT2D eigenvalue weighted by molar-refractivity contribution is 7.91. The molecule has 2 N–H and O–H groups in total. The first-order chi connectivity index (χ1) is 16.7. The number of carbonyl (C=O) groups is 2. The number of hydrogen-bond donors (Lipinski definition) is 1. The van der Waals surface area contributed by atoms with Gasteiger partial charge in [-0.1, -0.05) is 41.9 Å². The Kier molecular flexibility index (Phi) is 6.90. The van der Waals surface area contributed by atoms with Crippen molar-refractivity contribution in [2.45, 2.75) is 16.2 Å². The molecule has 2 amide bonds. The number of amides is 2. The topological polar surface area (TPSA) is 136 Å². The summed E-state index contributed by atoms with van der Waals surface area (Å²) in [6.07, 6.45) is 1.59. The molecule has 1 saturated heterocycles. The van der Waals surface area contributed by atoms with Crippen LogP contribution < -0.4 is 15.4 Å². The van der Waals surface area contributed by atoms with Crippen molar-refractivity contribution in [3.8, 4) is 5.75 Å². The Morgan fingerprint density at radius 1 is 1.06 bits per heavy atom. The second kappa shape index (κ2) is 9.88. The molecule has 0 aliphatic carbocycles. The molecular weight excluding hydrogens is 494 g/mol. The fourth-order valence-electron chi connectivity index (χ4n) is 3.68. The van der Waals surface area contributed by atoms with E-state index in [9.17, 15) is 18.0 Å². The lowest BCUT2D eigenvalue weighted by molar-refractivity contribution is -0.145. The molecule has 1 aliphatic heterocycles. The molecule has 182 valence electrons. The van der Waals surface area contributed by atoms with Crippen LogP contribution in [0.5, 0.6) is 5.75 Å². The van der Waals surface area contributed by atoms with Gasteiger partial charge in [-0.15, -0.1) is 0 Å². The van der Waals surface area contributed by atoms with Crippen molar-refractivity contribution in [2.75, 3.05) is 37.4 Å². The van der Waals surface area contributed by atoms with Gasteiger partial charge in [0.25, 0.3) is 0 Å². The minimum absolute atomic E-state index is 0.0241. The van der Waals surface area contributed by atoms with Crippen LogP contribution in [-0.4, -0.2) is 61.8 Å². The summed E-state index contributed by atoms with van der Waals surface area (Å²) in [6, 6.07) is 13.7. The average molecular weight is 516 g/mol. The molecule has 0 saturated carbocycles. The van der Waals surface area contributed by atoms with Gasteiger partial charge in [0.15, 0.2) is 0 Å². The molecule has 12 heteroatoms. The van der Waals surface area contributed by atoms with E-state index in [0.29, 0.717) is 6.42 Å². The first-order valence-electron chi connectivity index (χ1n) is 10.5.